The summed E-state index contributed by atoms with van der Waals surface area (Å²) in [6.07, 6.45) is 2.05. The lowest BCUT2D eigenvalue weighted by Gasteiger charge is -2.14. The van der Waals surface area contributed by atoms with Crippen LogP contribution in [0.2, 0.25) is 0 Å². The molecule has 5 rings (SSSR count). The number of fused-ring (bicyclic) bond motifs is 1. The summed E-state index contributed by atoms with van der Waals surface area (Å²) in [5.41, 5.74) is 12.1. The third-order valence-corrected chi connectivity index (χ3v) is 5.95. The first kappa shape index (κ1) is 22.0. The number of carbonyl (C=O) groups excluding carboxylic acids is 1. The lowest BCUT2D eigenvalue weighted by atomic mass is 9.90. The summed E-state index contributed by atoms with van der Waals surface area (Å²) in [5, 5.41) is 18.1. The highest BCUT2D eigenvalue weighted by Gasteiger charge is 2.20. The molecule has 0 saturated carbocycles. The van der Waals surface area contributed by atoms with Crippen LogP contribution >= 0.6 is 0 Å². The van der Waals surface area contributed by atoms with Crippen LogP contribution in [0.1, 0.15) is 22.6 Å². The number of H-pyrrole nitrogens is 1. The van der Waals surface area contributed by atoms with Crippen molar-refractivity contribution in [2.24, 2.45) is 5.73 Å². The Balaban J connectivity index is 1.39. The smallest absolute Gasteiger partial charge is 0.269 e. The first-order valence-corrected chi connectivity index (χ1v) is 10.9. The molecule has 174 valence electrons. The van der Waals surface area contributed by atoms with Crippen LogP contribution in [0.5, 0.6) is 0 Å². The first-order valence-electron chi connectivity index (χ1n) is 10.9. The third kappa shape index (κ3) is 4.39. The van der Waals surface area contributed by atoms with E-state index in [9.17, 15) is 14.9 Å². The topological polar surface area (TPSA) is 141 Å². The second kappa shape index (κ2) is 8.86. The van der Waals surface area contributed by atoms with E-state index in [0.29, 0.717) is 23.5 Å². The molecule has 0 fully saturated rings. The zero-order chi connectivity index (χ0) is 24.5. The van der Waals surface area contributed by atoms with E-state index < -0.39 is 16.7 Å². The maximum absolute atomic E-state index is 12.1. The van der Waals surface area contributed by atoms with Crippen LogP contribution in [0.4, 0.5) is 5.69 Å². The predicted octanol–water partition coefficient (Wildman–Crippen LogP) is 4.91. The number of non-ortho nitro benzene ring substituents is 1. The zero-order valence-corrected chi connectivity index (χ0v) is 18.8. The number of nitrogens with zero attached hydrogens (tertiary/aromatic N) is 3. The number of rotatable bonds is 7. The highest BCUT2D eigenvalue weighted by Crippen LogP contribution is 2.32. The van der Waals surface area contributed by atoms with Gasteiger partial charge in [-0.3, -0.25) is 20.0 Å². The second-order valence-corrected chi connectivity index (χ2v) is 8.35. The number of oxazole rings is 1. The molecular formula is C26H21N5O4. The van der Waals surface area contributed by atoms with Crippen LogP contribution in [0.3, 0.4) is 0 Å². The number of nitro groups is 1. The van der Waals surface area contributed by atoms with Gasteiger partial charge in [0.05, 0.1) is 28.3 Å². The highest BCUT2D eigenvalue weighted by molar-refractivity contribution is 5.83. The van der Waals surface area contributed by atoms with E-state index in [2.05, 4.69) is 15.2 Å². The van der Waals surface area contributed by atoms with Gasteiger partial charge in [0, 0.05) is 17.7 Å². The van der Waals surface area contributed by atoms with Crippen LogP contribution < -0.4 is 5.73 Å². The largest absolute Gasteiger partial charge is 0.436 e. The number of benzene rings is 3. The Morgan fingerprint density at radius 3 is 2.54 bits per heavy atom. The monoisotopic (exact) mass is 467 g/mol. The van der Waals surface area contributed by atoms with Crippen molar-refractivity contribution in [1.82, 2.24) is 15.2 Å². The molecule has 5 aromatic rings. The highest BCUT2D eigenvalue weighted by atomic mass is 16.6. The van der Waals surface area contributed by atoms with Crippen LogP contribution in [0, 0.1) is 17.0 Å². The molecule has 3 N–H and O–H groups in total. The number of aryl methyl sites for hydroxylation is 1. The molecule has 0 radical (unpaired) electrons. The minimum absolute atomic E-state index is 0.0363. The number of nitro benzene ring substituents is 1. The number of nitrogens with one attached hydrogen (secondary N) is 1. The van der Waals surface area contributed by atoms with Crippen LogP contribution in [0.25, 0.3) is 33.8 Å². The van der Waals surface area contributed by atoms with Gasteiger partial charge in [0.15, 0.2) is 5.58 Å². The Labute approximate surface area is 199 Å². The fraction of sp³-hybridized carbons (Fsp3) is 0.115. The Bertz CT molecular complexity index is 1530. The van der Waals surface area contributed by atoms with E-state index in [-0.39, 0.29) is 5.69 Å². The van der Waals surface area contributed by atoms with Crippen molar-refractivity contribution in [3.63, 3.8) is 0 Å². The summed E-state index contributed by atoms with van der Waals surface area (Å²) in [6, 6.07) is 19.4. The average molecular weight is 467 g/mol. The number of nitrogens with two attached hydrogens (primary N) is 1. The van der Waals surface area contributed by atoms with Crippen molar-refractivity contribution in [3.05, 3.63) is 99.7 Å². The van der Waals surface area contributed by atoms with E-state index in [1.807, 2.05) is 49.4 Å². The Hall–Kier alpha value is -4.79. The van der Waals surface area contributed by atoms with Crippen molar-refractivity contribution in [1.29, 1.82) is 0 Å². The van der Waals surface area contributed by atoms with Crippen molar-refractivity contribution < 1.29 is 14.1 Å². The molecule has 0 aliphatic rings. The Kier molecular flexibility index (Phi) is 5.58. The zero-order valence-electron chi connectivity index (χ0n) is 18.8. The molecule has 1 amide bonds. The van der Waals surface area contributed by atoms with Crippen LogP contribution in [0.15, 0.2) is 77.3 Å². The molecule has 0 spiro atoms. The maximum Gasteiger partial charge on any atom is 0.269 e. The molecule has 0 saturated heterocycles. The molecule has 35 heavy (non-hydrogen) atoms. The summed E-state index contributed by atoms with van der Waals surface area (Å²) in [5.74, 6) is -0.622. The number of primary amides is 1. The molecule has 0 bridgehead atoms. The average Bonchev–Trinajstić information content (AvgIpc) is 3.49. The van der Waals surface area contributed by atoms with E-state index in [0.717, 1.165) is 33.5 Å². The minimum Gasteiger partial charge on any atom is -0.436 e. The Morgan fingerprint density at radius 1 is 1.11 bits per heavy atom. The molecular weight excluding hydrogens is 446 g/mol. The summed E-state index contributed by atoms with van der Waals surface area (Å²) < 4.78 is 5.97. The fourth-order valence-electron chi connectivity index (χ4n) is 4.07. The van der Waals surface area contributed by atoms with Gasteiger partial charge in [0.25, 0.3) is 5.69 Å². The van der Waals surface area contributed by atoms with Crippen LogP contribution in [-0.4, -0.2) is 26.0 Å². The number of hydrogen-bond donors (Lipinski definition) is 2. The number of hydrogen-bond acceptors (Lipinski definition) is 6. The molecule has 1 unspecified atom stereocenters. The summed E-state index contributed by atoms with van der Waals surface area (Å²) in [4.78, 5) is 27.1. The van der Waals surface area contributed by atoms with Gasteiger partial charge in [-0.15, -0.1) is 0 Å². The summed E-state index contributed by atoms with van der Waals surface area (Å²) in [7, 11) is 0. The minimum atomic E-state index is -0.604. The normalized spacial score (nSPS) is 12.0. The SMILES string of the molecule is Cc1ccc2nc(-c3cn[nH]c3-c3ccc(CC(C(N)=O)c4ccc([N+](=O)[O-])cc4)cc3)oc2c1. The second-order valence-electron chi connectivity index (χ2n) is 8.35. The Morgan fingerprint density at radius 2 is 1.86 bits per heavy atom. The van der Waals surface area contributed by atoms with Gasteiger partial charge in [-0.05, 0) is 42.2 Å². The standard InChI is InChI=1S/C26H21N5O4/c1-15-2-11-22-23(12-15)35-26(29-22)21-14-28-30-24(21)18-5-3-16(4-6-18)13-20(25(27)32)17-7-9-19(10-8-17)31(33)34/h2-12,14,20H,13H2,1H3,(H2,27,32)(H,28,30). The van der Waals surface area contributed by atoms with Crippen LogP contribution in [-0.2, 0) is 11.2 Å². The van der Waals surface area contributed by atoms with Gasteiger partial charge in [-0.25, -0.2) is 4.98 Å². The lowest BCUT2D eigenvalue weighted by molar-refractivity contribution is -0.384. The van der Waals surface area contributed by atoms with E-state index in [1.54, 1.807) is 18.3 Å². The quantitative estimate of drug-likeness (QED) is 0.257. The number of aromatic nitrogens is 3. The van der Waals surface area contributed by atoms with E-state index in [4.69, 9.17) is 10.2 Å². The van der Waals surface area contributed by atoms with Gasteiger partial charge in [0.2, 0.25) is 11.8 Å². The van der Waals surface area contributed by atoms with Gasteiger partial charge in [-0.2, -0.15) is 5.10 Å². The molecule has 3 aromatic carbocycles. The summed E-state index contributed by atoms with van der Waals surface area (Å²) in [6.45, 7) is 2.00. The number of aromatic amines is 1. The predicted molar refractivity (Wildman–Crippen MR) is 130 cm³/mol. The van der Waals surface area contributed by atoms with Crippen molar-refractivity contribution in [2.45, 2.75) is 19.3 Å². The summed E-state index contributed by atoms with van der Waals surface area (Å²) >= 11 is 0. The molecule has 0 aliphatic carbocycles. The molecule has 2 heterocycles. The van der Waals surface area contributed by atoms with Crippen molar-refractivity contribution >= 4 is 22.7 Å². The lowest BCUT2D eigenvalue weighted by Crippen LogP contribution is -2.23. The molecule has 0 aliphatic heterocycles. The molecule has 2 aromatic heterocycles. The van der Waals surface area contributed by atoms with Crippen molar-refractivity contribution in [2.75, 3.05) is 0 Å². The van der Waals surface area contributed by atoms with Crippen molar-refractivity contribution in [3.8, 4) is 22.7 Å². The molecule has 1 atom stereocenters. The van der Waals surface area contributed by atoms with Gasteiger partial charge >= 0.3 is 0 Å². The first-order chi connectivity index (χ1) is 16.9. The molecule has 9 heteroatoms. The van der Waals surface area contributed by atoms with E-state index in [1.165, 1.54) is 12.1 Å². The van der Waals surface area contributed by atoms with E-state index >= 15 is 0 Å². The van der Waals surface area contributed by atoms with Gasteiger partial charge in [-0.1, -0.05) is 42.5 Å². The van der Waals surface area contributed by atoms with Gasteiger partial charge in [0.1, 0.15) is 5.52 Å². The third-order valence-electron chi connectivity index (χ3n) is 5.95. The molecule has 9 nitrogen and oxygen atoms in total. The number of amides is 1. The number of carbonyl (C=O) groups is 1. The fourth-order valence-corrected chi connectivity index (χ4v) is 4.07. The maximum atomic E-state index is 12.1. The van der Waals surface area contributed by atoms with Gasteiger partial charge < -0.3 is 10.2 Å².